The molecule has 0 saturated carbocycles. The first-order valence-electron chi connectivity index (χ1n) is 41.5. The monoisotopic (exact) mass is 1830 g/mol. The predicted molar refractivity (Wildman–Crippen MR) is 482 cm³/mol. The molecule has 0 amide bonds. The smallest absolute Gasteiger partial charge is 0.325 e. The molecule has 0 aliphatic carbocycles. The van der Waals surface area contributed by atoms with E-state index in [-0.39, 0.29) is 43.8 Å². The summed E-state index contributed by atoms with van der Waals surface area (Å²) in [7, 11) is -5.68. The van der Waals surface area contributed by atoms with E-state index in [9.17, 15) is 52.8 Å². The van der Waals surface area contributed by atoms with Crippen molar-refractivity contribution in [2.75, 3.05) is 115 Å². The Morgan fingerprint density at radius 2 is 0.764 bits per heavy atom. The van der Waals surface area contributed by atoms with E-state index in [0.29, 0.717) is 103 Å². The number of nitrogens with zero attached hydrogens (tertiary/aromatic N) is 4. The maximum atomic E-state index is 13.4. The van der Waals surface area contributed by atoms with Crippen LogP contribution in [-0.4, -0.2) is 222 Å². The van der Waals surface area contributed by atoms with Crippen molar-refractivity contribution in [2.24, 2.45) is 0 Å². The number of aryl methyl sites for hydroxylation is 3. The van der Waals surface area contributed by atoms with Crippen molar-refractivity contribution in [3.8, 4) is 34.5 Å². The molecule has 0 bridgehead atoms. The Bertz CT molecular complexity index is 4650. The van der Waals surface area contributed by atoms with E-state index in [1.807, 2.05) is 126 Å². The molecular weight excluding hydrogens is 1700 g/mol. The molecule has 4 saturated heterocycles. The number of hydrogen-bond acceptors (Lipinski definition) is 24. The molecule has 4 fully saturated rings. The molecule has 10 rings (SSSR count). The van der Waals surface area contributed by atoms with Crippen LogP contribution in [-0.2, 0) is 105 Å². The number of esters is 4. The Balaban J connectivity index is 0.000000229. The molecular formula is C87H126N8O22S6. The zero-order valence-corrected chi connectivity index (χ0v) is 78.0. The van der Waals surface area contributed by atoms with Crippen molar-refractivity contribution < 1.29 is 100 Å². The zero-order valence-electron chi connectivity index (χ0n) is 73.1. The van der Waals surface area contributed by atoms with Crippen molar-refractivity contribution in [2.45, 2.75) is 199 Å². The van der Waals surface area contributed by atoms with Crippen molar-refractivity contribution in [1.29, 1.82) is 0 Å². The van der Waals surface area contributed by atoms with Gasteiger partial charge in [0, 0.05) is 84.5 Å². The number of unbranched alkanes of at least 4 members (excludes halogenated alkanes) is 1. The van der Waals surface area contributed by atoms with Crippen LogP contribution in [0.15, 0.2) is 146 Å². The molecule has 6 aromatic rings. The van der Waals surface area contributed by atoms with Crippen LogP contribution in [0.5, 0.6) is 34.5 Å². The molecule has 4 aliphatic heterocycles. The van der Waals surface area contributed by atoms with Crippen LogP contribution in [0.1, 0.15) is 154 Å². The molecule has 4 N–H and O–H groups in total. The van der Waals surface area contributed by atoms with Gasteiger partial charge in [0.1, 0.15) is 36.9 Å². The summed E-state index contributed by atoms with van der Waals surface area (Å²) in [6.07, 6.45) is 12.8. The molecule has 36 heteroatoms. The van der Waals surface area contributed by atoms with Gasteiger partial charge in [0.05, 0.1) is 67.8 Å². The van der Waals surface area contributed by atoms with E-state index < -0.39 is 100.0 Å². The highest BCUT2D eigenvalue weighted by molar-refractivity contribution is 8.00. The number of methoxy groups -OCH3 is 7. The number of carbonyl (C=O) groups is 4. The van der Waals surface area contributed by atoms with Gasteiger partial charge in [-0.25, -0.2) is 0 Å². The number of anilines is 2. The van der Waals surface area contributed by atoms with Crippen molar-refractivity contribution in [3.05, 3.63) is 168 Å². The Morgan fingerprint density at radius 1 is 0.415 bits per heavy atom. The number of ether oxygens (including phenoxy) is 10. The third-order valence-electron chi connectivity index (χ3n) is 21.1. The number of benzene rings is 6. The summed E-state index contributed by atoms with van der Waals surface area (Å²) in [4.78, 5) is 50.7. The van der Waals surface area contributed by atoms with E-state index in [1.54, 1.807) is 0 Å². The molecule has 682 valence electrons. The first kappa shape index (κ1) is 102. The number of piperidine rings is 2. The third kappa shape index (κ3) is 32.0. The lowest BCUT2D eigenvalue weighted by Crippen LogP contribution is -2.56. The topological polar surface area (TPSA) is 358 Å². The van der Waals surface area contributed by atoms with Crippen LogP contribution in [0.3, 0.4) is 0 Å². The molecule has 4 heterocycles. The summed E-state index contributed by atoms with van der Waals surface area (Å²) in [5, 5.41) is 0. The minimum Gasteiger partial charge on any atom is -0.493 e. The molecule has 0 spiro atoms. The second-order valence-corrected chi connectivity index (χ2v) is 39.7. The fraction of sp³-hybridized carbons (Fsp3) is 0.540. The van der Waals surface area contributed by atoms with Crippen LogP contribution >= 0.6 is 23.5 Å². The maximum absolute atomic E-state index is 13.4. The average Bonchev–Trinajstić information content (AvgIpc) is 0.711. The fourth-order valence-corrected chi connectivity index (χ4v) is 22.7. The van der Waals surface area contributed by atoms with Crippen LogP contribution in [0.4, 0.5) is 11.4 Å². The standard InChI is InChI=1S/C30H44N2O4S.C24H32N2O7S2.C18H28N2O4S.C15H22N2O7S2/c1-4-30(2,3)31-37(34,35)32-24-12-11-23-28(32)29(33)36-27(21-13-19-25-15-7-5-8-16-25)22-14-20-26-17-9-6-10-18-26;1-30-21-15-19(16-22(31-2)23(21)32-3)25-35(28,29)26-12-14-34-17-20(26)24(27)33-13-8-7-11-18-9-5-4-6-10-18;1-4-18(2,3)19-25(22,23)20-13-9-8-12-16(20)17(21)24-14-15-10-6-5-7-11-15;1-21-12-7-10(8-13(22-2)14(12)23-3)16-26(19,20)17-5-6-25-9-11(17)15(18)24-4/h5-10,15-18,27-28,31H,4,11-14,19-24H2,1-3H3;4-6,9-10,15-16,20,25H,7-8,11-14,17H2,1-3H3;5-7,10-11,16,19H,4,8-9,12-14H2,1-3H3;7-8,11,16H,5-6,9H2,1-4H3/t28-;;;/m0.../s1. The van der Waals surface area contributed by atoms with Gasteiger partial charge in [-0.1, -0.05) is 135 Å². The number of thioether (sulfide) groups is 2. The van der Waals surface area contributed by atoms with Crippen molar-refractivity contribution >= 4 is 99.6 Å². The lowest BCUT2D eigenvalue weighted by atomic mass is 10.0. The normalized spacial score (nSPS) is 17.6. The predicted octanol–water partition coefficient (Wildman–Crippen LogP) is 12.7. The summed E-state index contributed by atoms with van der Waals surface area (Å²) < 4.78 is 173. The fourth-order valence-electron chi connectivity index (χ4n) is 13.8. The molecule has 4 aliphatic rings. The summed E-state index contributed by atoms with van der Waals surface area (Å²) >= 11 is 3.02. The number of carbonyl (C=O) groups excluding carboxylic acids is 4. The van der Waals surface area contributed by atoms with Gasteiger partial charge in [-0.2, -0.15) is 83.9 Å². The van der Waals surface area contributed by atoms with Gasteiger partial charge in [-0.05, 0) is 159 Å². The van der Waals surface area contributed by atoms with Gasteiger partial charge in [0.2, 0.25) is 11.5 Å². The molecule has 4 atom stereocenters. The molecule has 0 aromatic heterocycles. The lowest BCUT2D eigenvalue weighted by Gasteiger charge is -2.36. The van der Waals surface area contributed by atoms with Crippen LogP contribution in [0.25, 0.3) is 0 Å². The highest BCUT2D eigenvalue weighted by Gasteiger charge is 2.44. The summed E-state index contributed by atoms with van der Waals surface area (Å²) in [5.41, 5.74) is 3.96. The molecule has 0 radical (unpaired) electrons. The van der Waals surface area contributed by atoms with Gasteiger partial charge < -0.3 is 47.4 Å². The molecule has 30 nitrogen and oxygen atoms in total. The summed E-state index contributed by atoms with van der Waals surface area (Å²) in [6, 6.07) is 42.8. The second kappa shape index (κ2) is 50.3. The first-order chi connectivity index (χ1) is 58.7. The first-order valence-corrected chi connectivity index (χ1v) is 49.5. The summed E-state index contributed by atoms with van der Waals surface area (Å²) in [6.45, 7) is 12.7. The Labute approximate surface area is 737 Å². The van der Waals surface area contributed by atoms with E-state index in [1.165, 1.54) is 127 Å². The largest absolute Gasteiger partial charge is 0.493 e. The van der Waals surface area contributed by atoms with Crippen LogP contribution in [0, 0.1) is 0 Å². The molecule has 3 unspecified atom stereocenters. The summed E-state index contributed by atoms with van der Waals surface area (Å²) in [5.74, 6) is 1.75. The van der Waals surface area contributed by atoms with Gasteiger partial charge >= 0.3 is 44.3 Å². The third-order valence-corrected chi connectivity index (χ3v) is 30.0. The number of hydrogen-bond donors (Lipinski definition) is 4. The Hall–Kier alpha value is -8.14. The number of rotatable bonds is 40. The van der Waals surface area contributed by atoms with Gasteiger partial charge in [-0.15, -0.1) is 0 Å². The lowest BCUT2D eigenvalue weighted by molar-refractivity contribution is -0.155. The SMILES string of the molecule is CCC(C)(C)NS(=O)(=O)N1CCCCC1C(=O)OCc1ccccc1.CCC(C)(C)NS(=O)(=O)N1CCCC[C@H]1C(=O)OC(CCCc1ccccc1)CCCc1ccccc1.COC(=O)C1CSCCN1S(=O)(=O)Nc1cc(OC)c(OC)c(OC)c1.COc1cc(NS(=O)(=O)N2CCSCC2C(=O)OCCCCc2ccccc2)cc(OC)c1OC. The van der Waals surface area contributed by atoms with Gasteiger partial charge in [0.15, 0.2) is 23.0 Å². The quantitative estimate of drug-likeness (QED) is 0.0158. The molecule has 6 aromatic carbocycles. The van der Waals surface area contributed by atoms with E-state index >= 15 is 0 Å². The van der Waals surface area contributed by atoms with Crippen LogP contribution in [0.2, 0.25) is 0 Å². The second-order valence-electron chi connectivity index (χ2n) is 30.9. The van der Waals surface area contributed by atoms with Gasteiger partial charge in [0.25, 0.3) is 20.4 Å². The van der Waals surface area contributed by atoms with E-state index in [2.05, 4.69) is 55.3 Å². The Morgan fingerprint density at radius 3 is 1.13 bits per heavy atom. The minimum atomic E-state index is -4.05. The zero-order chi connectivity index (χ0) is 89.8. The van der Waals surface area contributed by atoms with Crippen LogP contribution < -0.4 is 47.3 Å². The van der Waals surface area contributed by atoms with E-state index in [4.69, 9.17) is 47.4 Å². The highest BCUT2D eigenvalue weighted by Crippen LogP contribution is 2.42. The maximum Gasteiger partial charge on any atom is 0.325 e. The molecule has 123 heavy (non-hydrogen) atoms. The van der Waals surface area contributed by atoms with Gasteiger partial charge in [-0.3, -0.25) is 28.6 Å². The average molecular weight is 1830 g/mol. The highest BCUT2D eigenvalue weighted by atomic mass is 32.2. The van der Waals surface area contributed by atoms with Crippen molar-refractivity contribution in [3.63, 3.8) is 0 Å². The number of nitrogens with one attached hydrogen (secondary N) is 4. The van der Waals surface area contributed by atoms with E-state index in [0.717, 1.165) is 86.9 Å². The minimum absolute atomic E-state index is 0.151. The van der Waals surface area contributed by atoms with Crippen molar-refractivity contribution in [1.82, 2.24) is 26.7 Å². The Kier molecular flexibility index (Phi) is 41.7.